The second kappa shape index (κ2) is 5.33. The van der Waals surface area contributed by atoms with Crippen LogP contribution in [-0.4, -0.2) is 21.7 Å². The van der Waals surface area contributed by atoms with Gasteiger partial charge in [-0.2, -0.15) is 18.3 Å². The zero-order chi connectivity index (χ0) is 13.1. The lowest BCUT2D eigenvalue weighted by Gasteiger charge is -2.09. The zero-order valence-corrected chi connectivity index (χ0v) is 9.79. The van der Waals surface area contributed by atoms with Crippen molar-refractivity contribution in [2.75, 3.05) is 0 Å². The van der Waals surface area contributed by atoms with E-state index in [1.54, 1.807) is 0 Å². The maximum absolute atomic E-state index is 12.1. The molecule has 0 aromatic carbocycles. The van der Waals surface area contributed by atoms with Gasteiger partial charge >= 0.3 is 6.18 Å². The fourth-order valence-corrected chi connectivity index (χ4v) is 1.65. The number of halogens is 3. The van der Waals surface area contributed by atoms with Crippen LogP contribution in [-0.2, 0) is 6.54 Å². The first-order valence-electron chi connectivity index (χ1n) is 5.48. The van der Waals surface area contributed by atoms with Crippen molar-refractivity contribution in [3.05, 3.63) is 18.0 Å². The first kappa shape index (κ1) is 13.7. The molecule has 3 nitrogen and oxygen atoms in total. The normalized spacial score (nSPS) is 13.7. The molecular formula is C11H15F3N2O. The van der Waals surface area contributed by atoms with Crippen molar-refractivity contribution >= 4 is 5.78 Å². The molecule has 1 aromatic rings. The highest BCUT2D eigenvalue weighted by molar-refractivity contribution is 5.99. The van der Waals surface area contributed by atoms with Crippen LogP contribution in [0.1, 0.15) is 37.0 Å². The van der Waals surface area contributed by atoms with Crippen molar-refractivity contribution in [2.45, 2.75) is 39.4 Å². The zero-order valence-electron chi connectivity index (χ0n) is 9.79. The van der Waals surface area contributed by atoms with Crippen molar-refractivity contribution in [2.24, 2.45) is 5.92 Å². The highest BCUT2D eigenvalue weighted by Gasteiger charge is 2.39. The Labute approximate surface area is 97.6 Å². The summed E-state index contributed by atoms with van der Waals surface area (Å²) in [5, 5.41) is 3.77. The van der Waals surface area contributed by atoms with Gasteiger partial charge < -0.3 is 0 Å². The summed E-state index contributed by atoms with van der Waals surface area (Å²) in [6.45, 7) is 4.56. The first-order valence-corrected chi connectivity index (χ1v) is 5.48. The molecular weight excluding hydrogens is 233 g/mol. The molecule has 0 fully saturated rings. The summed E-state index contributed by atoms with van der Waals surface area (Å²) in [6, 6.07) is 0. The number of carbonyl (C=O) groups is 1. The van der Waals surface area contributed by atoms with E-state index in [9.17, 15) is 18.0 Å². The lowest BCUT2D eigenvalue weighted by molar-refractivity contribution is -0.0885. The van der Waals surface area contributed by atoms with E-state index in [1.165, 1.54) is 4.68 Å². The van der Waals surface area contributed by atoms with Crippen LogP contribution in [0, 0.1) is 5.92 Å². The molecule has 0 bridgehead atoms. The van der Waals surface area contributed by atoms with E-state index in [2.05, 4.69) is 5.10 Å². The van der Waals surface area contributed by atoms with E-state index < -0.39 is 17.5 Å². The van der Waals surface area contributed by atoms with Crippen LogP contribution in [0.4, 0.5) is 13.2 Å². The second-order valence-corrected chi connectivity index (χ2v) is 4.17. The van der Waals surface area contributed by atoms with E-state index >= 15 is 0 Å². The Morgan fingerprint density at radius 1 is 1.53 bits per heavy atom. The fourth-order valence-electron chi connectivity index (χ4n) is 1.65. The summed E-state index contributed by atoms with van der Waals surface area (Å²) in [5.74, 6) is -1.51. The third-order valence-corrected chi connectivity index (χ3v) is 2.43. The minimum absolute atomic E-state index is 0.328. The maximum Gasteiger partial charge on any atom is 0.454 e. The van der Waals surface area contributed by atoms with Crippen molar-refractivity contribution in [1.82, 2.24) is 9.78 Å². The molecule has 1 rings (SSSR count). The predicted octanol–water partition coefficient (Wildman–Crippen LogP) is 3.06. The van der Waals surface area contributed by atoms with Crippen LogP contribution in [0.2, 0.25) is 0 Å². The van der Waals surface area contributed by atoms with Crippen molar-refractivity contribution in [3.63, 3.8) is 0 Å². The largest absolute Gasteiger partial charge is 0.454 e. The highest BCUT2D eigenvalue weighted by atomic mass is 19.4. The van der Waals surface area contributed by atoms with Gasteiger partial charge in [0.2, 0.25) is 0 Å². The minimum Gasteiger partial charge on any atom is -0.284 e. The topological polar surface area (TPSA) is 34.9 Å². The highest BCUT2D eigenvalue weighted by Crippen LogP contribution is 2.21. The lowest BCUT2D eigenvalue weighted by Crippen LogP contribution is -2.22. The number of ketones is 1. The summed E-state index contributed by atoms with van der Waals surface area (Å²) in [5.41, 5.74) is -0.402. The SMILES string of the molecule is CCCC(C)Cn1cc(C(=O)C(F)(F)F)cn1. The van der Waals surface area contributed by atoms with Gasteiger partial charge in [0.15, 0.2) is 0 Å². The smallest absolute Gasteiger partial charge is 0.284 e. The van der Waals surface area contributed by atoms with Gasteiger partial charge in [-0.25, -0.2) is 0 Å². The van der Waals surface area contributed by atoms with E-state index in [4.69, 9.17) is 0 Å². The lowest BCUT2D eigenvalue weighted by atomic mass is 10.1. The molecule has 0 aliphatic carbocycles. The van der Waals surface area contributed by atoms with E-state index in [0.717, 1.165) is 25.2 Å². The van der Waals surface area contributed by atoms with Crippen molar-refractivity contribution in [3.8, 4) is 0 Å². The number of hydrogen-bond donors (Lipinski definition) is 0. The summed E-state index contributed by atoms with van der Waals surface area (Å²) in [4.78, 5) is 10.9. The van der Waals surface area contributed by atoms with Crippen molar-refractivity contribution in [1.29, 1.82) is 0 Å². The van der Waals surface area contributed by atoms with Gasteiger partial charge in [0.1, 0.15) is 0 Å². The molecule has 96 valence electrons. The van der Waals surface area contributed by atoms with Gasteiger partial charge in [-0.3, -0.25) is 9.48 Å². The molecule has 0 saturated heterocycles. The Balaban J connectivity index is 2.69. The standard InChI is InChI=1S/C11H15F3N2O/c1-3-4-8(2)6-16-7-9(5-15-16)10(17)11(12,13)14/h5,7-8H,3-4,6H2,1-2H3. The predicted molar refractivity (Wildman–Crippen MR) is 56.7 cm³/mol. The fraction of sp³-hybridized carbons (Fsp3) is 0.636. The number of alkyl halides is 3. The van der Waals surface area contributed by atoms with Crippen LogP contribution >= 0.6 is 0 Å². The Bertz CT molecular complexity index is 384. The number of Topliss-reactive ketones (excluding diaryl/α,β-unsaturated/α-hetero) is 1. The molecule has 0 radical (unpaired) electrons. The van der Waals surface area contributed by atoms with Gasteiger partial charge in [0.05, 0.1) is 11.8 Å². The summed E-state index contributed by atoms with van der Waals surface area (Å²) < 4.78 is 37.8. The van der Waals surface area contributed by atoms with Crippen LogP contribution in [0.25, 0.3) is 0 Å². The van der Waals surface area contributed by atoms with E-state index in [1.807, 2.05) is 13.8 Å². The molecule has 1 heterocycles. The number of carbonyl (C=O) groups excluding carboxylic acids is 1. The number of hydrogen-bond acceptors (Lipinski definition) is 2. The third-order valence-electron chi connectivity index (χ3n) is 2.43. The Hall–Kier alpha value is -1.33. The first-order chi connectivity index (χ1) is 7.84. The van der Waals surface area contributed by atoms with Gasteiger partial charge in [0, 0.05) is 12.7 Å². The van der Waals surface area contributed by atoms with Gasteiger partial charge in [-0.1, -0.05) is 20.3 Å². The number of aromatic nitrogens is 2. The van der Waals surface area contributed by atoms with Gasteiger partial charge in [-0.15, -0.1) is 0 Å². The monoisotopic (exact) mass is 248 g/mol. The molecule has 1 atom stereocenters. The third kappa shape index (κ3) is 3.87. The summed E-state index contributed by atoms with van der Waals surface area (Å²) >= 11 is 0. The molecule has 0 amide bonds. The maximum atomic E-state index is 12.1. The Morgan fingerprint density at radius 3 is 2.71 bits per heavy atom. The average Bonchev–Trinajstić information content (AvgIpc) is 2.63. The molecule has 6 heteroatoms. The Morgan fingerprint density at radius 2 is 2.18 bits per heavy atom. The molecule has 17 heavy (non-hydrogen) atoms. The molecule has 0 aliphatic rings. The van der Waals surface area contributed by atoms with Crippen LogP contribution in [0.15, 0.2) is 12.4 Å². The molecule has 1 aromatic heterocycles. The van der Waals surface area contributed by atoms with Crippen LogP contribution in [0.3, 0.4) is 0 Å². The van der Waals surface area contributed by atoms with Gasteiger partial charge in [-0.05, 0) is 12.3 Å². The van der Waals surface area contributed by atoms with Crippen molar-refractivity contribution < 1.29 is 18.0 Å². The molecule has 0 spiro atoms. The average molecular weight is 248 g/mol. The summed E-state index contributed by atoms with van der Waals surface area (Å²) in [7, 11) is 0. The molecule has 0 saturated carbocycles. The van der Waals surface area contributed by atoms with Crippen LogP contribution in [0.5, 0.6) is 0 Å². The number of nitrogens with zero attached hydrogens (tertiary/aromatic N) is 2. The minimum atomic E-state index is -4.83. The number of rotatable bonds is 5. The Kier molecular flexibility index (Phi) is 4.31. The van der Waals surface area contributed by atoms with Gasteiger partial charge in [0.25, 0.3) is 5.78 Å². The molecule has 0 N–H and O–H groups in total. The van der Waals surface area contributed by atoms with E-state index in [0.29, 0.717) is 12.5 Å². The molecule has 1 unspecified atom stereocenters. The summed E-state index contributed by atoms with van der Waals surface area (Å²) in [6.07, 6.45) is -0.724. The second-order valence-electron chi connectivity index (χ2n) is 4.17. The van der Waals surface area contributed by atoms with Crippen LogP contribution < -0.4 is 0 Å². The van der Waals surface area contributed by atoms with E-state index in [-0.39, 0.29) is 0 Å². The quantitative estimate of drug-likeness (QED) is 0.750. The molecule has 0 aliphatic heterocycles.